The van der Waals surface area contributed by atoms with Gasteiger partial charge in [0.2, 0.25) is 0 Å². The van der Waals surface area contributed by atoms with Crippen LogP contribution in [-0.2, 0) is 4.79 Å². The number of hydrogen-bond donors (Lipinski definition) is 2. The van der Waals surface area contributed by atoms with Crippen LogP contribution in [-0.4, -0.2) is 17.1 Å². The van der Waals surface area contributed by atoms with Crippen LogP contribution >= 0.6 is 0 Å². The smallest absolute Gasteiger partial charge is 0.303 e. The number of rotatable bonds is 7. The van der Waals surface area contributed by atoms with Gasteiger partial charge in [0.25, 0.3) is 0 Å². The first kappa shape index (κ1) is 12.4. The van der Waals surface area contributed by atoms with E-state index >= 15 is 0 Å². The molecule has 0 bridgehead atoms. The van der Waals surface area contributed by atoms with Crippen molar-refractivity contribution in [3.8, 4) is 0 Å². The zero-order chi connectivity index (χ0) is 10.3. The molecule has 0 aromatic rings. The van der Waals surface area contributed by atoms with Crippen molar-refractivity contribution < 1.29 is 9.90 Å². The van der Waals surface area contributed by atoms with Gasteiger partial charge in [-0.05, 0) is 18.8 Å². The highest BCUT2D eigenvalue weighted by molar-refractivity contribution is 5.67. The third kappa shape index (κ3) is 5.64. The Morgan fingerprint density at radius 2 is 1.85 bits per heavy atom. The molecule has 0 saturated carbocycles. The second-order valence-electron chi connectivity index (χ2n) is 3.60. The fourth-order valence-corrected chi connectivity index (χ4v) is 1.63. The van der Waals surface area contributed by atoms with Gasteiger partial charge in [0, 0.05) is 12.5 Å². The minimum absolute atomic E-state index is 0.0565. The topological polar surface area (TPSA) is 63.3 Å². The summed E-state index contributed by atoms with van der Waals surface area (Å²) < 4.78 is 0. The molecule has 0 aliphatic carbocycles. The van der Waals surface area contributed by atoms with Gasteiger partial charge in [0.1, 0.15) is 0 Å². The standard InChI is InChI=1S/C10H21NO2/c1-3-5-8(7-10(12)13)9(11)6-4-2/h8-9H,3-7,11H2,1-2H3,(H,12,13). The first-order valence-corrected chi connectivity index (χ1v) is 5.09. The van der Waals surface area contributed by atoms with Crippen molar-refractivity contribution in [2.45, 2.75) is 52.0 Å². The largest absolute Gasteiger partial charge is 0.481 e. The summed E-state index contributed by atoms with van der Waals surface area (Å²) in [5.74, 6) is -0.576. The van der Waals surface area contributed by atoms with Crippen LogP contribution < -0.4 is 5.73 Å². The minimum atomic E-state index is -0.731. The van der Waals surface area contributed by atoms with E-state index in [4.69, 9.17) is 10.8 Å². The summed E-state index contributed by atoms with van der Waals surface area (Å²) in [4.78, 5) is 10.5. The molecule has 78 valence electrons. The summed E-state index contributed by atoms with van der Waals surface area (Å²) in [6, 6.07) is 0.0565. The lowest BCUT2D eigenvalue weighted by atomic mass is 9.89. The van der Waals surface area contributed by atoms with Crippen LogP contribution in [0.25, 0.3) is 0 Å². The Kier molecular flexibility index (Phi) is 6.59. The third-order valence-electron chi connectivity index (χ3n) is 2.32. The van der Waals surface area contributed by atoms with E-state index in [1.807, 2.05) is 0 Å². The van der Waals surface area contributed by atoms with Gasteiger partial charge in [0.15, 0.2) is 0 Å². The highest BCUT2D eigenvalue weighted by atomic mass is 16.4. The number of aliphatic carboxylic acids is 1. The van der Waals surface area contributed by atoms with Crippen LogP contribution in [0, 0.1) is 5.92 Å². The molecule has 0 aliphatic heterocycles. The Morgan fingerprint density at radius 3 is 2.23 bits per heavy atom. The predicted octanol–water partition coefficient (Wildman–Crippen LogP) is 2.00. The molecular formula is C10H21NO2. The lowest BCUT2D eigenvalue weighted by molar-refractivity contribution is -0.138. The molecule has 0 radical (unpaired) electrons. The zero-order valence-electron chi connectivity index (χ0n) is 8.62. The van der Waals surface area contributed by atoms with Crippen molar-refractivity contribution in [1.29, 1.82) is 0 Å². The number of hydrogen-bond acceptors (Lipinski definition) is 2. The average Bonchev–Trinajstić information content (AvgIpc) is 2.03. The normalized spacial score (nSPS) is 15.3. The number of carboxylic acids is 1. The first-order valence-electron chi connectivity index (χ1n) is 5.09. The van der Waals surface area contributed by atoms with Crippen molar-refractivity contribution in [3.63, 3.8) is 0 Å². The Balaban J connectivity index is 3.97. The molecule has 0 heterocycles. The number of carbonyl (C=O) groups is 1. The van der Waals surface area contributed by atoms with Crippen LogP contribution in [0.4, 0.5) is 0 Å². The van der Waals surface area contributed by atoms with E-state index in [2.05, 4.69) is 13.8 Å². The summed E-state index contributed by atoms with van der Waals surface area (Å²) in [5.41, 5.74) is 5.90. The lowest BCUT2D eigenvalue weighted by Crippen LogP contribution is -2.31. The van der Waals surface area contributed by atoms with Crippen LogP contribution in [0.2, 0.25) is 0 Å². The van der Waals surface area contributed by atoms with Crippen LogP contribution in [0.1, 0.15) is 46.0 Å². The van der Waals surface area contributed by atoms with E-state index in [1.54, 1.807) is 0 Å². The molecule has 2 atom stereocenters. The highest BCUT2D eigenvalue weighted by Gasteiger charge is 2.18. The molecule has 0 rings (SSSR count). The van der Waals surface area contributed by atoms with Crippen molar-refractivity contribution in [3.05, 3.63) is 0 Å². The fourth-order valence-electron chi connectivity index (χ4n) is 1.63. The molecule has 0 fully saturated rings. The maximum absolute atomic E-state index is 10.5. The summed E-state index contributed by atoms with van der Waals surface area (Å²) in [7, 11) is 0. The van der Waals surface area contributed by atoms with E-state index < -0.39 is 5.97 Å². The van der Waals surface area contributed by atoms with Crippen LogP contribution in [0.5, 0.6) is 0 Å². The second kappa shape index (κ2) is 6.89. The molecule has 0 aliphatic rings. The second-order valence-corrected chi connectivity index (χ2v) is 3.60. The zero-order valence-corrected chi connectivity index (χ0v) is 8.62. The SMILES string of the molecule is CCCC(N)C(CCC)CC(=O)O. The van der Waals surface area contributed by atoms with E-state index in [9.17, 15) is 4.79 Å². The summed E-state index contributed by atoms with van der Waals surface area (Å²) in [6.07, 6.45) is 4.11. The van der Waals surface area contributed by atoms with Gasteiger partial charge in [-0.1, -0.05) is 26.7 Å². The monoisotopic (exact) mass is 187 g/mol. The molecule has 2 unspecified atom stereocenters. The van der Waals surface area contributed by atoms with Gasteiger partial charge >= 0.3 is 5.97 Å². The fraction of sp³-hybridized carbons (Fsp3) is 0.900. The Morgan fingerprint density at radius 1 is 1.31 bits per heavy atom. The summed E-state index contributed by atoms with van der Waals surface area (Å²) >= 11 is 0. The Hall–Kier alpha value is -0.570. The lowest BCUT2D eigenvalue weighted by Gasteiger charge is -2.21. The van der Waals surface area contributed by atoms with E-state index in [-0.39, 0.29) is 18.4 Å². The highest BCUT2D eigenvalue weighted by Crippen LogP contribution is 2.17. The quantitative estimate of drug-likeness (QED) is 0.640. The molecule has 13 heavy (non-hydrogen) atoms. The molecule has 0 amide bonds. The van der Waals surface area contributed by atoms with Gasteiger partial charge in [-0.15, -0.1) is 0 Å². The molecular weight excluding hydrogens is 166 g/mol. The van der Waals surface area contributed by atoms with Gasteiger partial charge in [-0.2, -0.15) is 0 Å². The molecule has 3 nitrogen and oxygen atoms in total. The van der Waals surface area contributed by atoms with Gasteiger partial charge in [0.05, 0.1) is 0 Å². The summed E-state index contributed by atoms with van der Waals surface area (Å²) in [6.45, 7) is 4.14. The number of carboxylic acid groups (broad SMARTS) is 1. The van der Waals surface area contributed by atoms with E-state index in [0.29, 0.717) is 0 Å². The molecule has 3 heteroatoms. The first-order chi connectivity index (χ1) is 6.11. The molecule has 0 aromatic heterocycles. The minimum Gasteiger partial charge on any atom is -0.481 e. The Bertz CT molecular complexity index is 148. The van der Waals surface area contributed by atoms with Crippen LogP contribution in [0.15, 0.2) is 0 Å². The molecule has 0 saturated heterocycles. The molecule has 0 spiro atoms. The van der Waals surface area contributed by atoms with E-state index in [0.717, 1.165) is 25.7 Å². The molecule has 0 aromatic carbocycles. The number of nitrogens with two attached hydrogens (primary N) is 1. The van der Waals surface area contributed by atoms with E-state index in [1.165, 1.54) is 0 Å². The maximum Gasteiger partial charge on any atom is 0.303 e. The average molecular weight is 187 g/mol. The maximum atomic E-state index is 10.5. The van der Waals surface area contributed by atoms with Crippen molar-refractivity contribution in [2.24, 2.45) is 11.7 Å². The predicted molar refractivity (Wildman–Crippen MR) is 53.5 cm³/mol. The van der Waals surface area contributed by atoms with Gasteiger partial charge in [-0.25, -0.2) is 0 Å². The third-order valence-corrected chi connectivity index (χ3v) is 2.32. The summed E-state index contributed by atoms with van der Waals surface area (Å²) in [5, 5.41) is 8.67. The van der Waals surface area contributed by atoms with Gasteiger partial charge in [-0.3, -0.25) is 4.79 Å². The van der Waals surface area contributed by atoms with Crippen molar-refractivity contribution in [1.82, 2.24) is 0 Å². The van der Waals surface area contributed by atoms with Crippen LogP contribution in [0.3, 0.4) is 0 Å². The van der Waals surface area contributed by atoms with Gasteiger partial charge < -0.3 is 10.8 Å². The molecule has 3 N–H and O–H groups in total. The van der Waals surface area contributed by atoms with Crippen molar-refractivity contribution in [2.75, 3.05) is 0 Å². The Labute approximate surface area is 80.3 Å². The van der Waals surface area contributed by atoms with Crippen molar-refractivity contribution >= 4 is 5.97 Å².